The Morgan fingerprint density at radius 3 is 2.52 bits per heavy atom. The van der Waals surface area contributed by atoms with Gasteiger partial charge in [0.1, 0.15) is 0 Å². The van der Waals surface area contributed by atoms with Crippen molar-refractivity contribution in [1.82, 2.24) is 15.1 Å². The van der Waals surface area contributed by atoms with Crippen LogP contribution in [0.3, 0.4) is 0 Å². The number of nitrogens with one attached hydrogen (secondary N) is 1. The van der Waals surface area contributed by atoms with Crippen molar-refractivity contribution in [3.63, 3.8) is 0 Å². The van der Waals surface area contributed by atoms with E-state index in [0.717, 1.165) is 41.4 Å². The normalized spacial score (nSPS) is 29.2. The number of halogens is 1. The van der Waals surface area contributed by atoms with Crippen LogP contribution in [0.1, 0.15) is 50.4 Å². The SMILES string of the molecule is CCCNC(Cc1c(Cl)c(C)nn1C)C1C2CCCCC21. The number of hydrogen-bond donors (Lipinski definition) is 1. The molecule has 2 aliphatic carbocycles. The van der Waals surface area contributed by atoms with Crippen molar-refractivity contribution in [3.8, 4) is 0 Å². The van der Waals surface area contributed by atoms with Crippen molar-refractivity contribution < 1.29 is 0 Å². The summed E-state index contributed by atoms with van der Waals surface area (Å²) in [5, 5.41) is 9.14. The number of rotatable bonds is 6. The Morgan fingerprint density at radius 2 is 2.00 bits per heavy atom. The van der Waals surface area contributed by atoms with E-state index < -0.39 is 0 Å². The molecule has 1 aromatic heterocycles. The summed E-state index contributed by atoms with van der Waals surface area (Å²) in [6.45, 7) is 5.34. The van der Waals surface area contributed by atoms with Gasteiger partial charge in [0.2, 0.25) is 0 Å². The van der Waals surface area contributed by atoms with E-state index in [4.69, 9.17) is 11.6 Å². The fraction of sp³-hybridized carbons (Fsp3) is 0.824. The van der Waals surface area contributed by atoms with Crippen molar-refractivity contribution in [2.75, 3.05) is 6.54 Å². The molecule has 0 spiro atoms. The molecule has 2 saturated carbocycles. The Bertz CT molecular complexity index is 484. The van der Waals surface area contributed by atoms with Gasteiger partial charge in [-0.1, -0.05) is 31.4 Å². The molecule has 3 atom stereocenters. The first-order chi connectivity index (χ1) is 10.1. The van der Waals surface area contributed by atoms with Crippen LogP contribution < -0.4 is 5.32 Å². The maximum absolute atomic E-state index is 6.46. The molecular formula is C17H28ClN3. The first-order valence-corrected chi connectivity index (χ1v) is 8.92. The van der Waals surface area contributed by atoms with Gasteiger partial charge in [0.25, 0.3) is 0 Å². The molecule has 0 aliphatic heterocycles. The van der Waals surface area contributed by atoms with Crippen LogP contribution in [0.2, 0.25) is 5.02 Å². The summed E-state index contributed by atoms with van der Waals surface area (Å²) in [5.41, 5.74) is 2.16. The van der Waals surface area contributed by atoms with Gasteiger partial charge in [0, 0.05) is 19.5 Å². The van der Waals surface area contributed by atoms with Crippen LogP contribution in [0.15, 0.2) is 0 Å². The van der Waals surface area contributed by atoms with Gasteiger partial charge >= 0.3 is 0 Å². The molecule has 4 heteroatoms. The van der Waals surface area contributed by atoms with Gasteiger partial charge in [-0.25, -0.2) is 0 Å². The molecule has 3 unspecified atom stereocenters. The molecule has 21 heavy (non-hydrogen) atoms. The molecule has 2 aliphatic rings. The van der Waals surface area contributed by atoms with Gasteiger partial charge in [0.05, 0.1) is 16.4 Å². The lowest BCUT2D eigenvalue weighted by molar-refractivity contribution is 0.419. The van der Waals surface area contributed by atoms with Crippen LogP contribution >= 0.6 is 11.6 Å². The Hall–Kier alpha value is -0.540. The van der Waals surface area contributed by atoms with Crippen LogP contribution in [0, 0.1) is 24.7 Å². The highest BCUT2D eigenvalue weighted by molar-refractivity contribution is 6.31. The maximum Gasteiger partial charge on any atom is 0.0847 e. The number of nitrogens with zero attached hydrogens (tertiary/aromatic N) is 2. The summed E-state index contributed by atoms with van der Waals surface area (Å²) in [4.78, 5) is 0. The second kappa shape index (κ2) is 6.29. The second-order valence-electron chi connectivity index (χ2n) is 6.92. The van der Waals surface area contributed by atoms with Crippen molar-refractivity contribution in [2.24, 2.45) is 24.8 Å². The predicted molar refractivity (Wildman–Crippen MR) is 87.7 cm³/mol. The number of aryl methyl sites for hydroxylation is 2. The van der Waals surface area contributed by atoms with Crippen LogP contribution in [0.4, 0.5) is 0 Å². The minimum atomic E-state index is 0.574. The van der Waals surface area contributed by atoms with Crippen LogP contribution in [-0.4, -0.2) is 22.4 Å². The Kier molecular flexibility index (Phi) is 4.60. The van der Waals surface area contributed by atoms with Crippen molar-refractivity contribution >= 4 is 11.6 Å². The lowest BCUT2D eigenvalue weighted by Crippen LogP contribution is -2.35. The molecule has 0 radical (unpaired) electrons. The fourth-order valence-electron chi connectivity index (χ4n) is 4.43. The Morgan fingerprint density at radius 1 is 1.33 bits per heavy atom. The molecule has 0 aromatic carbocycles. The smallest absolute Gasteiger partial charge is 0.0847 e. The summed E-state index contributed by atoms with van der Waals surface area (Å²) in [6, 6.07) is 0.574. The summed E-state index contributed by atoms with van der Waals surface area (Å²) < 4.78 is 1.98. The molecule has 3 nitrogen and oxygen atoms in total. The molecule has 1 aromatic rings. The minimum absolute atomic E-state index is 0.574. The standard InChI is InChI=1S/C17H28ClN3/c1-4-9-19-14(16-12-7-5-6-8-13(12)16)10-15-17(18)11(2)20-21(15)3/h12-14,16,19H,4-10H2,1-3H3. The number of hydrogen-bond acceptors (Lipinski definition) is 2. The molecule has 1 N–H and O–H groups in total. The zero-order valence-electron chi connectivity index (χ0n) is 13.5. The molecule has 0 bridgehead atoms. The highest BCUT2D eigenvalue weighted by Gasteiger charge is 2.53. The van der Waals surface area contributed by atoms with Gasteiger partial charge in [-0.2, -0.15) is 5.10 Å². The molecule has 1 heterocycles. The lowest BCUT2D eigenvalue weighted by atomic mass is 10.0. The first-order valence-electron chi connectivity index (χ1n) is 8.54. The monoisotopic (exact) mass is 309 g/mol. The highest BCUT2D eigenvalue weighted by atomic mass is 35.5. The van der Waals surface area contributed by atoms with E-state index >= 15 is 0 Å². The highest BCUT2D eigenvalue weighted by Crippen LogP contribution is 2.57. The third-order valence-electron chi connectivity index (χ3n) is 5.52. The van der Waals surface area contributed by atoms with Crippen molar-refractivity contribution in [1.29, 1.82) is 0 Å². The van der Waals surface area contributed by atoms with E-state index in [-0.39, 0.29) is 0 Å². The van der Waals surface area contributed by atoms with Gasteiger partial charge in [-0.05, 0) is 50.5 Å². The number of aromatic nitrogens is 2. The van der Waals surface area contributed by atoms with E-state index in [9.17, 15) is 0 Å². The van der Waals surface area contributed by atoms with Crippen molar-refractivity contribution in [3.05, 3.63) is 16.4 Å². The summed E-state index contributed by atoms with van der Waals surface area (Å²) in [7, 11) is 2.02. The third-order valence-corrected chi connectivity index (χ3v) is 6.01. The van der Waals surface area contributed by atoms with Gasteiger partial charge in [-0.15, -0.1) is 0 Å². The van der Waals surface area contributed by atoms with E-state index in [1.54, 1.807) is 0 Å². The summed E-state index contributed by atoms with van der Waals surface area (Å²) >= 11 is 6.46. The molecule has 3 rings (SSSR count). The molecule has 118 valence electrons. The lowest BCUT2D eigenvalue weighted by Gasteiger charge is -2.19. The van der Waals surface area contributed by atoms with Gasteiger partial charge < -0.3 is 5.32 Å². The summed E-state index contributed by atoms with van der Waals surface area (Å²) in [6.07, 6.45) is 7.97. The topological polar surface area (TPSA) is 29.9 Å². The molecule has 0 saturated heterocycles. The molecule has 2 fully saturated rings. The summed E-state index contributed by atoms with van der Waals surface area (Å²) in [5.74, 6) is 2.81. The fourth-order valence-corrected chi connectivity index (χ4v) is 4.67. The van der Waals surface area contributed by atoms with Crippen LogP contribution in [-0.2, 0) is 13.5 Å². The maximum atomic E-state index is 6.46. The Balaban J connectivity index is 1.73. The number of fused-ring (bicyclic) bond motifs is 1. The molecule has 0 amide bonds. The average molecular weight is 310 g/mol. The van der Waals surface area contributed by atoms with E-state index in [1.807, 2.05) is 18.7 Å². The van der Waals surface area contributed by atoms with E-state index in [1.165, 1.54) is 37.8 Å². The third kappa shape index (κ3) is 3.00. The molecular weight excluding hydrogens is 282 g/mol. The van der Waals surface area contributed by atoms with Crippen molar-refractivity contribution in [2.45, 2.75) is 58.4 Å². The zero-order chi connectivity index (χ0) is 15.0. The van der Waals surface area contributed by atoms with Gasteiger partial charge in [0.15, 0.2) is 0 Å². The second-order valence-corrected chi connectivity index (χ2v) is 7.30. The largest absolute Gasteiger partial charge is 0.313 e. The Labute approximate surface area is 133 Å². The van der Waals surface area contributed by atoms with Crippen LogP contribution in [0.25, 0.3) is 0 Å². The first kappa shape index (κ1) is 15.4. The quantitative estimate of drug-likeness (QED) is 0.868. The zero-order valence-corrected chi connectivity index (χ0v) is 14.3. The average Bonchev–Trinajstić information content (AvgIpc) is 3.15. The predicted octanol–water partition coefficient (Wildman–Crippen LogP) is 3.73. The van der Waals surface area contributed by atoms with Crippen LogP contribution in [0.5, 0.6) is 0 Å². The van der Waals surface area contributed by atoms with Gasteiger partial charge in [-0.3, -0.25) is 4.68 Å². The van der Waals surface area contributed by atoms with E-state index in [2.05, 4.69) is 17.3 Å². The minimum Gasteiger partial charge on any atom is -0.313 e. The van der Waals surface area contributed by atoms with E-state index in [0.29, 0.717) is 6.04 Å².